The van der Waals surface area contributed by atoms with E-state index in [0.717, 1.165) is 29.8 Å². The van der Waals surface area contributed by atoms with Gasteiger partial charge in [-0.25, -0.2) is 4.98 Å². The van der Waals surface area contributed by atoms with Gasteiger partial charge in [-0.2, -0.15) is 0 Å². The van der Waals surface area contributed by atoms with E-state index in [2.05, 4.69) is 15.5 Å². The number of fused-ring (bicyclic) bond motifs is 1. The molecule has 0 aliphatic heterocycles. The summed E-state index contributed by atoms with van der Waals surface area (Å²) in [5, 5.41) is 7.77. The highest BCUT2D eigenvalue weighted by atomic mass is 16.5. The molecule has 140 valence electrons. The lowest BCUT2D eigenvalue weighted by atomic mass is 10.0. The van der Waals surface area contributed by atoms with Crippen LogP contribution in [0.25, 0.3) is 11.1 Å². The Morgan fingerprint density at radius 3 is 2.74 bits per heavy atom. The summed E-state index contributed by atoms with van der Waals surface area (Å²) in [5.41, 5.74) is 3.63. The Morgan fingerprint density at radius 2 is 2.07 bits per heavy atom. The number of nitrogens with zero attached hydrogens (tertiary/aromatic N) is 2. The van der Waals surface area contributed by atoms with Gasteiger partial charge in [0.15, 0.2) is 0 Å². The fourth-order valence-corrected chi connectivity index (χ4v) is 3.26. The monoisotopic (exact) mass is 365 g/mol. The molecule has 27 heavy (non-hydrogen) atoms. The zero-order valence-electron chi connectivity index (χ0n) is 15.8. The number of aromatic nitrogens is 2. The number of carbonyl (C=O) groups is 1. The van der Waals surface area contributed by atoms with E-state index in [9.17, 15) is 4.79 Å². The van der Waals surface area contributed by atoms with Crippen LogP contribution in [0.4, 0.5) is 0 Å². The number of rotatable bonds is 6. The molecule has 1 saturated carbocycles. The number of benzene rings is 1. The maximum absolute atomic E-state index is 13.0. The van der Waals surface area contributed by atoms with Crippen molar-refractivity contribution in [3.63, 3.8) is 0 Å². The Morgan fingerprint density at radius 1 is 1.33 bits per heavy atom. The van der Waals surface area contributed by atoms with Crippen molar-refractivity contribution in [1.82, 2.24) is 15.5 Å². The van der Waals surface area contributed by atoms with Gasteiger partial charge in [-0.3, -0.25) is 4.79 Å². The van der Waals surface area contributed by atoms with Crippen molar-refractivity contribution in [2.45, 2.75) is 45.6 Å². The van der Waals surface area contributed by atoms with Crippen molar-refractivity contribution >= 4 is 17.0 Å². The molecule has 1 fully saturated rings. The van der Waals surface area contributed by atoms with E-state index in [1.807, 2.05) is 51.1 Å². The Kier molecular flexibility index (Phi) is 4.56. The third kappa shape index (κ3) is 3.52. The second-order valence-corrected chi connectivity index (χ2v) is 7.01. The van der Waals surface area contributed by atoms with Crippen LogP contribution in [0.2, 0.25) is 0 Å². The van der Waals surface area contributed by atoms with Crippen molar-refractivity contribution < 1.29 is 14.1 Å². The standard InChI is InChI=1S/C21H23N3O3/c1-4-26-16-9-7-14(8-10-16)12(2)22-20(25)17-11-18(15-5-6-15)23-21-19(17)13(3)24-27-21/h7-12,15H,4-6H2,1-3H3,(H,22,25). The number of carbonyl (C=O) groups excluding carboxylic acids is 1. The quantitative estimate of drug-likeness (QED) is 0.705. The Balaban J connectivity index is 1.59. The minimum absolute atomic E-state index is 0.138. The molecule has 0 bridgehead atoms. The molecule has 1 unspecified atom stereocenters. The van der Waals surface area contributed by atoms with Crippen molar-refractivity contribution in [3.05, 3.63) is 52.8 Å². The zero-order valence-corrected chi connectivity index (χ0v) is 15.8. The van der Waals surface area contributed by atoms with Crippen LogP contribution in [0.1, 0.15) is 66.0 Å². The van der Waals surface area contributed by atoms with Gasteiger partial charge in [0.25, 0.3) is 11.6 Å². The molecule has 1 aliphatic carbocycles. The van der Waals surface area contributed by atoms with Gasteiger partial charge < -0.3 is 14.6 Å². The van der Waals surface area contributed by atoms with Crippen molar-refractivity contribution in [2.75, 3.05) is 6.61 Å². The van der Waals surface area contributed by atoms with Gasteiger partial charge in [0.1, 0.15) is 5.75 Å². The average Bonchev–Trinajstić information content (AvgIpc) is 3.45. The van der Waals surface area contributed by atoms with Crippen molar-refractivity contribution in [1.29, 1.82) is 0 Å². The van der Waals surface area contributed by atoms with Gasteiger partial charge in [-0.1, -0.05) is 17.3 Å². The molecule has 1 N–H and O–H groups in total. The first-order valence-corrected chi connectivity index (χ1v) is 9.37. The van der Waals surface area contributed by atoms with Crippen molar-refractivity contribution in [3.8, 4) is 5.75 Å². The van der Waals surface area contributed by atoms with Crippen LogP contribution in [0.5, 0.6) is 5.75 Å². The first-order chi connectivity index (χ1) is 13.1. The number of hydrogen-bond acceptors (Lipinski definition) is 5. The molecule has 3 aromatic rings. The molecule has 1 amide bonds. The first-order valence-electron chi connectivity index (χ1n) is 9.37. The smallest absolute Gasteiger partial charge is 0.259 e. The topological polar surface area (TPSA) is 77.2 Å². The molecule has 6 heteroatoms. The van der Waals surface area contributed by atoms with Gasteiger partial charge in [-0.15, -0.1) is 0 Å². The Labute approximate surface area is 157 Å². The highest BCUT2D eigenvalue weighted by Gasteiger charge is 2.29. The lowest BCUT2D eigenvalue weighted by molar-refractivity contribution is 0.0941. The number of aryl methyl sites for hydroxylation is 1. The maximum Gasteiger partial charge on any atom is 0.259 e. The first kappa shape index (κ1) is 17.5. The number of pyridine rings is 1. The highest BCUT2D eigenvalue weighted by molar-refractivity contribution is 6.06. The third-order valence-corrected chi connectivity index (χ3v) is 4.92. The molecule has 0 spiro atoms. The van der Waals surface area contributed by atoms with Crippen molar-refractivity contribution in [2.24, 2.45) is 0 Å². The normalized spacial score (nSPS) is 14.9. The lowest BCUT2D eigenvalue weighted by Crippen LogP contribution is -2.27. The van der Waals surface area contributed by atoms with E-state index >= 15 is 0 Å². The van der Waals surface area contributed by atoms with Gasteiger partial charge in [0.05, 0.1) is 29.3 Å². The molecule has 1 aliphatic rings. The molecular formula is C21H23N3O3. The molecule has 2 aromatic heterocycles. The van der Waals surface area contributed by atoms with Crippen LogP contribution in [0, 0.1) is 6.92 Å². The fraction of sp³-hybridized carbons (Fsp3) is 0.381. The molecule has 2 heterocycles. The Bertz CT molecular complexity index is 974. The van der Waals surface area contributed by atoms with E-state index in [4.69, 9.17) is 9.26 Å². The molecule has 6 nitrogen and oxygen atoms in total. The number of amides is 1. The zero-order chi connectivity index (χ0) is 19.0. The Hall–Kier alpha value is -2.89. The number of nitrogens with one attached hydrogen (secondary N) is 1. The minimum atomic E-state index is -0.142. The fourth-order valence-electron chi connectivity index (χ4n) is 3.26. The summed E-state index contributed by atoms with van der Waals surface area (Å²) in [7, 11) is 0. The summed E-state index contributed by atoms with van der Waals surface area (Å²) in [4.78, 5) is 17.6. The largest absolute Gasteiger partial charge is 0.494 e. The van der Waals surface area contributed by atoms with Crippen LogP contribution in [-0.2, 0) is 0 Å². The number of ether oxygens (including phenoxy) is 1. The molecule has 1 atom stereocenters. The summed E-state index contributed by atoms with van der Waals surface area (Å²) in [6.45, 7) is 6.38. The summed E-state index contributed by atoms with van der Waals surface area (Å²) < 4.78 is 10.8. The van der Waals surface area contributed by atoms with Gasteiger partial charge in [0, 0.05) is 11.6 Å². The average molecular weight is 365 g/mol. The van der Waals surface area contributed by atoms with Crippen LogP contribution < -0.4 is 10.1 Å². The molecule has 4 rings (SSSR count). The molecular weight excluding hydrogens is 342 g/mol. The number of hydrogen-bond donors (Lipinski definition) is 1. The SMILES string of the molecule is CCOc1ccc(C(C)NC(=O)c2cc(C3CC3)nc3onc(C)c23)cc1. The van der Waals surface area contributed by atoms with Crippen LogP contribution in [0.3, 0.4) is 0 Å². The van der Waals surface area contributed by atoms with E-state index in [0.29, 0.717) is 34.9 Å². The lowest BCUT2D eigenvalue weighted by Gasteiger charge is -2.16. The predicted octanol–water partition coefficient (Wildman–Crippen LogP) is 4.30. The van der Waals surface area contributed by atoms with Gasteiger partial charge in [-0.05, 0) is 57.4 Å². The van der Waals surface area contributed by atoms with E-state index in [-0.39, 0.29) is 11.9 Å². The van der Waals surface area contributed by atoms with E-state index in [1.165, 1.54) is 0 Å². The minimum Gasteiger partial charge on any atom is -0.494 e. The summed E-state index contributed by atoms with van der Waals surface area (Å²) in [5.74, 6) is 1.11. The summed E-state index contributed by atoms with van der Waals surface area (Å²) in [6, 6.07) is 9.53. The molecule has 0 saturated heterocycles. The summed E-state index contributed by atoms with van der Waals surface area (Å²) >= 11 is 0. The second-order valence-electron chi connectivity index (χ2n) is 7.01. The van der Waals surface area contributed by atoms with Crippen LogP contribution >= 0.6 is 0 Å². The second kappa shape index (κ2) is 7.02. The van der Waals surface area contributed by atoms with Crippen LogP contribution in [-0.4, -0.2) is 22.7 Å². The van der Waals surface area contributed by atoms with E-state index in [1.54, 1.807) is 0 Å². The van der Waals surface area contributed by atoms with Crippen LogP contribution in [0.15, 0.2) is 34.9 Å². The predicted molar refractivity (Wildman–Crippen MR) is 102 cm³/mol. The molecule has 0 radical (unpaired) electrons. The highest BCUT2D eigenvalue weighted by Crippen LogP contribution is 2.40. The molecule has 1 aromatic carbocycles. The van der Waals surface area contributed by atoms with Gasteiger partial charge in [0.2, 0.25) is 0 Å². The van der Waals surface area contributed by atoms with E-state index < -0.39 is 0 Å². The van der Waals surface area contributed by atoms with Gasteiger partial charge >= 0.3 is 0 Å². The summed E-state index contributed by atoms with van der Waals surface area (Å²) in [6.07, 6.45) is 2.21. The third-order valence-electron chi connectivity index (χ3n) is 4.92. The maximum atomic E-state index is 13.0.